The number of benzene rings is 1. The summed E-state index contributed by atoms with van der Waals surface area (Å²) in [7, 11) is 0. The number of rotatable bonds is 4. The molecule has 2 aliphatic heterocycles. The number of ether oxygens (including phenoxy) is 2. The lowest BCUT2D eigenvalue weighted by Gasteiger charge is -2.37. The Morgan fingerprint density at radius 2 is 1.81 bits per heavy atom. The van der Waals surface area contributed by atoms with E-state index in [4.69, 9.17) is 14.6 Å². The van der Waals surface area contributed by atoms with Crippen LogP contribution in [0.3, 0.4) is 0 Å². The third kappa shape index (κ3) is 5.63. The van der Waals surface area contributed by atoms with Gasteiger partial charge in [-0.15, -0.1) is 0 Å². The number of aromatic nitrogens is 4. The summed E-state index contributed by atoms with van der Waals surface area (Å²) >= 11 is 0. The third-order valence-corrected chi connectivity index (χ3v) is 7.64. The summed E-state index contributed by atoms with van der Waals surface area (Å²) in [6, 6.07) is 5.14. The fourth-order valence-electron chi connectivity index (χ4n) is 5.61. The highest BCUT2D eigenvalue weighted by atomic mass is 19.1. The summed E-state index contributed by atoms with van der Waals surface area (Å²) in [5.41, 5.74) is 2.58. The number of piperazine rings is 1. The van der Waals surface area contributed by atoms with Crippen LogP contribution in [0.2, 0.25) is 0 Å². The minimum Gasteiger partial charge on any atom is -0.444 e. The van der Waals surface area contributed by atoms with Gasteiger partial charge in [0.1, 0.15) is 11.1 Å². The SMILES string of the molecule is Cc1cn2cc(NC(=O)c3ccc(N4CCN(C(=O)OC(C)(C)C)CC4)c4cn(C5CCOCC5)nc34)cc(F)c2n1. The van der Waals surface area contributed by atoms with Crippen LogP contribution in [0.1, 0.15) is 55.7 Å². The molecule has 3 aromatic heterocycles. The average Bonchev–Trinajstić information content (AvgIpc) is 3.56. The van der Waals surface area contributed by atoms with Crippen molar-refractivity contribution in [1.29, 1.82) is 0 Å². The van der Waals surface area contributed by atoms with Crippen LogP contribution >= 0.6 is 0 Å². The number of carbonyl (C=O) groups is 2. The van der Waals surface area contributed by atoms with Gasteiger partial charge < -0.3 is 29.0 Å². The lowest BCUT2D eigenvalue weighted by molar-refractivity contribution is 0.0240. The van der Waals surface area contributed by atoms with Crippen LogP contribution in [0.25, 0.3) is 16.6 Å². The Morgan fingerprint density at radius 1 is 1.07 bits per heavy atom. The molecule has 0 aliphatic carbocycles. The number of anilines is 2. The van der Waals surface area contributed by atoms with E-state index >= 15 is 0 Å². The summed E-state index contributed by atoms with van der Waals surface area (Å²) in [4.78, 5) is 34.3. The van der Waals surface area contributed by atoms with Crippen molar-refractivity contribution in [3.8, 4) is 0 Å². The number of imidazole rings is 1. The first-order chi connectivity index (χ1) is 20.1. The third-order valence-electron chi connectivity index (χ3n) is 7.64. The zero-order valence-electron chi connectivity index (χ0n) is 24.4. The van der Waals surface area contributed by atoms with Crippen molar-refractivity contribution in [2.75, 3.05) is 49.6 Å². The first kappa shape index (κ1) is 28.0. The normalized spacial score (nSPS) is 16.8. The summed E-state index contributed by atoms with van der Waals surface area (Å²) in [5.74, 6) is -0.898. The number of fused-ring (bicyclic) bond motifs is 2. The van der Waals surface area contributed by atoms with Gasteiger partial charge in [0.2, 0.25) is 0 Å². The Bertz CT molecular complexity index is 1640. The number of halogens is 1. The summed E-state index contributed by atoms with van der Waals surface area (Å²) in [5, 5.41) is 8.61. The summed E-state index contributed by atoms with van der Waals surface area (Å²) in [6.45, 7) is 11.0. The van der Waals surface area contributed by atoms with Gasteiger partial charge in [-0.2, -0.15) is 5.10 Å². The zero-order chi connectivity index (χ0) is 29.6. The zero-order valence-corrected chi connectivity index (χ0v) is 24.4. The van der Waals surface area contributed by atoms with Gasteiger partial charge in [-0.3, -0.25) is 9.48 Å². The van der Waals surface area contributed by atoms with E-state index in [1.807, 2.05) is 37.7 Å². The number of carbonyl (C=O) groups excluding carboxylic acids is 2. The van der Waals surface area contributed by atoms with Crippen molar-refractivity contribution in [2.24, 2.45) is 0 Å². The second kappa shape index (κ2) is 10.9. The maximum Gasteiger partial charge on any atom is 0.410 e. The number of hydrogen-bond donors (Lipinski definition) is 1. The lowest BCUT2D eigenvalue weighted by Crippen LogP contribution is -2.50. The van der Waals surface area contributed by atoms with Crippen molar-refractivity contribution in [3.05, 3.63) is 53.9 Å². The Balaban J connectivity index is 1.29. The van der Waals surface area contributed by atoms with Crippen molar-refractivity contribution >= 4 is 39.9 Å². The number of pyridine rings is 1. The predicted molar refractivity (Wildman–Crippen MR) is 157 cm³/mol. The van der Waals surface area contributed by atoms with Crippen LogP contribution in [-0.2, 0) is 9.47 Å². The van der Waals surface area contributed by atoms with Crippen LogP contribution in [-0.4, -0.2) is 81.1 Å². The molecule has 4 aromatic rings. The number of nitrogens with one attached hydrogen (secondary N) is 1. The van der Waals surface area contributed by atoms with E-state index in [9.17, 15) is 14.0 Å². The second-order valence-electron chi connectivity index (χ2n) is 11.9. The quantitative estimate of drug-likeness (QED) is 0.372. The molecule has 222 valence electrons. The van der Waals surface area contributed by atoms with Crippen LogP contribution in [0.15, 0.2) is 36.8 Å². The van der Waals surface area contributed by atoms with Crippen molar-refractivity contribution in [1.82, 2.24) is 24.1 Å². The molecule has 6 rings (SSSR count). The van der Waals surface area contributed by atoms with Gasteiger partial charge in [-0.05, 0) is 52.7 Å². The molecule has 42 heavy (non-hydrogen) atoms. The molecule has 2 aliphatic rings. The van der Waals surface area contributed by atoms with Crippen LogP contribution in [0.4, 0.5) is 20.6 Å². The van der Waals surface area contributed by atoms with Crippen LogP contribution in [0, 0.1) is 12.7 Å². The molecule has 2 saturated heterocycles. The molecule has 0 bridgehead atoms. The van der Waals surface area contributed by atoms with Gasteiger partial charge >= 0.3 is 6.09 Å². The first-order valence-corrected chi connectivity index (χ1v) is 14.3. The lowest BCUT2D eigenvalue weighted by atomic mass is 10.1. The summed E-state index contributed by atoms with van der Waals surface area (Å²) in [6.07, 6.45) is 6.72. The van der Waals surface area contributed by atoms with E-state index in [1.165, 1.54) is 6.07 Å². The Kier molecular flexibility index (Phi) is 7.25. The molecule has 2 amide bonds. The van der Waals surface area contributed by atoms with Gasteiger partial charge in [0.05, 0.1) is 23.0 Å². The molecule has 0 atom stereocenters. The molecular formula is C30H36FN7O4. The largest absolute Gasteiger partial charge is 0.444 e. The first-order valence-electron chi connectivity index (χ1n) is 14.3. The number of aryl methyl sites for hydroxylation is 1. The van der Waals surface area contributed by atoms with Crippen LogP contribution < -0.4 is 10.2 Å². The van der Waals surface area contributed by atoms with Crippen LogP contribution in [0.5, 0.6) is 0 Å². The Labute approximate surface area is 243 Å². The Hall–Kier alpha value is -4.19. The van der Waals surface area contributed by atoms with Crippen molar-refractivity contribution in [3.63, 3.8) is 0 Å². The van der Waals surface area contributed by atoms with E-state index in [-0.39, 0.29) is 23.7 Å². The molecule has 12 heteroatoms. The Morgan fingerprint density at radius 3 is 2.52 bits per heavy atom. The van der Waals surface area contributed by atoms with E-state index in [2.05, 4.69) is 15.2 Å². The monoisotopic (exact) mass is 577 g/mol. The molecule has 0 unspecified atom stereocenters. The van der Waals surface area contributed by atoms with Gasteiger partial charge in [0, 0.05) is 75.1 Å². The molecule has 1 N–H and O–H groups in total. The topological polar surface area (TPSA) is 106 Å². The number of hydrogen-bond acceptors (Lipinski definition) is 7. The standard InChI is InChI=1S/C30H36FN7O4/c1-19-16-37-17-20(15-24(31)27(37)32-19)33-28(39)22-5-6-25(23-18-38(34-26(22)23)21-7-13-41-14-8-21)35-9-11-36(12-10-35)29(40)42-30(2,3)4/h5-6,15-18,21H,7-14H2,1-4H3,(H,33,39). The average molecular weight is 578 g/mol. The fraction of sp³-hybridized carbons (Fsp3) is 0.467. The minimum absolute atomic E-state index is 0.167. The molecule has 0 saturated carbocycles. The molecule has 1 aromatic carbocycles. The maximum absolute atomic E-state index is 14.7. The van der Waals surface area contributed by atoms with Gasteiger partial charge in [0.15, 0.2) is 11.5 Å². The minimum atomic E-state index is -0.551. The summed E-state index contributed by atoms with van der Waals surface area (Å²) < 4.78 is 29.3. The number of amides is 2. The molecule has 2 fully saturated rings. The van der Waals surface area contributed by atoms with Crippen molar-refractivity contribution < 1.29 is 23.5 Å². The highest BCUT2D eigenvalue weighted by Crippen LogP contribution is 2.33. The highest BCUT2D eigenvalue weighted by Gasteiger charge is 2.28. The van der Waals surface area contributed by atoms with E-state index in [1.54, 1.807) is 34.7 Å². The maximum atomic E-state index is 14.7. The molecule has 0 spiro atoms. The van der Waals surface area contributed by atoms with Gasteiger partial charge in [0.25, 0.3) is 5.91 Å². The molecule has 0 radical (unpaired) electrons. The van der Waals surface area contributed by atoms with Gasteiger partial charge in [-0.25, -0.2) is 14.2 Å². The highest BCUT2D eigenvalue weighted by molar-refractivity contribution is 6.14. The van der Waals surface area contributed by atoms with E-state index in [0.29, 0.717) is 61.9 Å². The predicted octanol–water partition coefficient (Wildman–Crippen LogP) is 4.79. The van der Waals surface area contributed by atoms with E-state index < -0.39 is 11.4 Å². The molecule has 11 nitrogen and oxygen atoms in total. The van der Waals surface area contributed by atoms with E-state index in [0.717, 1.165) is 23.9 Å². The second-order valence-corrected chi connectivity index (χ2v) is 11.9. The van der Waals surface area contributed by atoms with Gasteiger partial charge in [-0.1, -0.05) is 0 Å². The molecule has 5 heterocycles. The molecular weight excluding hydrogens is 541 g/mol. The number of nitrogens with zero attached hydrogens (tertiary/aromatic N) is 6. The smallest absolute Gasteiger partial charge is 0.410 e. The van der Waals surface area contributed by atoms with Crippen molar-refractivity contribution in [2.45, 2.75) is 52.2 Å². The fourth-order valence-corrected chi connectivity index (χ4v) is 5.61.